The number of nitrogen functional groups attached to an aromatic ring is 1. The second-order valence-electron chi connectivity index (χ2n) is 10.4. The maximum absolute atomic E-state index is 12.4. The van der Waals surface area contributed by atoms with Crippen molar-refractivity contribution in [2.45, 2.75) is 63.6 Å². The van der Waals surface area contributed by atoms with Crippen molar-refractivity contribution >= 4 is 28.6 Å². The van der Waals surface area contributed by atoms with E-state index in [1.165, 1.54) is 18.2 Å². The predicted molar refractivity (Wildman–Crippen MR) is 136 cm³/mol. The molecule has 0 aliphatic carbocycles. The van der Waals surface area contributed by atoms with E-state index in [2.05, 4.69) is 41.0 Å². The van der Waals surface area contributed by atoms with Crippen LogP contribution in [0.2, 0.25) is 0 Å². The van der Waals surface area contributed by atoms with Gasteiger partial charge < -0.3 is 30.9 Å². The van der Waals surface area contributed by atoms with Gasteiger partial charge in [0.15, 0.2) is 17.7 Å². The van der Waals surface area contributed by atoms with Gasteiger partial charge in [0.25, 0.3) is 0 Å². The Morgan fingerprint density at radius 3 is 2.58 bits per heavy atom. The molecule has 194 valence electrons. The zero-order valence-electron chi connectivity index (χ0n) is 21.1. The summed E-state index contributed by atoms with van der Waals surface area (Å²) in [4.78, 5) is 26.6. The van der Waals surface area contributed by atoms with Crippen LogP contribution in [0, 0.1) is 0 Å². The zero-order chi connectivity index (χ0) is 26.0. The van der Waals surface area contributed by atoms with Gasteiger partial charge in [-0.1, -0.05) is 32.9 Å². The van der Waals surface area contributed by atoms with Crippen molar-refractivity contribution in [3.05, 3.63) is 42.5 Å². The number of nitrogens with one attached hydrogen (secondary N) is 1. The van der Waals surface area contributed by atoms with Crippen LogP contribution in [0.5, 0.6) is 0 Å². The van der Waals surface area contributed by atoms with Crippen LogP contribution in [0.4, 0.5) is 11.5 Å². The van der Waals surface area contributed by atoms with Crippen LogP contribution in [-0.4, -0.2) is 79.0 Å². The Kier molecular flexibility index (Phi) is 7.55. The minimum absolute atomic E-state index is 0.0483. The Hall–Kier alpha value is -3.12. The maximum atomic E-state index is 12.4. The van der Waals surface area contributed by atoms with Gasteiger partial charge in [0.1, 0.15) is 30.2 Å². The molecule has 1 aliphatic heterocycles. The molecule has 3 heterocycles. The summed E-state index contributed by atoms with van der Waals surface area (Å²) in [7, 11) is 1.89. The number of nitrogens with two attached hydrogens (primary N) is 1. The molecule has 1 saturated heterocycles. The van der Waals surface area contributed by atoms with Crippen molar-refractivity contribution in [3.8, 4) is 0 Å². The summed E-state index contributed by atoms with van der Waals surface area (Å²) in [6, 6.07) is 7.92. The summed E-state index contributed by atoms with van der Waals surface area (Å²) >= 11 is 0. The fourth-order valence-electron chi connectivity index (χ4n) is 4.35. The molecule has 1 amide bonds. The van der Waals surface area contributed by atoms with Crippen molar-refractivity contribution < 1.29 is 19.7 Å². The molecular formula is C25H35N7O4. The van der Waals surface area contributed by atoms with E-state index in [1.807, 2.05) is 36.2 Å². The third kappa shape index (κ3) is 5.65. The number of benzene rings is 1. The van der Waals surface area contributed by atoms with E-state index >= 15 is 0 Å². The van der Waals surface area contributed by atoms with Gasteiger partial charge in [0.05, 0.1) is 6.33 Å². The molecule has 1 fully saturated rings. The Balaban J connectivity index is 1.25. The van der Waals surface area contributed by atoms with Crippen molar-refractivity contribution in [2.24, 2.45) is 0 Å². The molecule has 5 N–H and O–H groups in total. The van der Waals surface area contributed by atoms with Gasteiger partial charge in [-0.25, -0.2) is 15.0 Å². The van der Waals surface area contributed by atoms with Crippen molar-refractivity contribution in [1.29, 1.82) is 0 Å². The van der Waals surface area contributed by atoms with E-state index in [4.69, 9.17) is 10.5 Å². The van der Waals surface area contributed by atoms with E-state index in [0.29, 0.717) is 37.1 Å². The van der Waals surface area contributed by atoms with E-state index in [0.717, 1.165) is 5.69 Å². The third-order valence-electron chi connectivity index (χ3n) is 6.47. The standard InChI is InChI=1S/C25H35N7O4/c1-25(2,3)15-7-9-16(10-8-15)30-18(33)6-5-11-31(4)12-17-20(34)21(35)24(36-17)32-14-29-19-22(26)27-13-28-23(19)32/h7-10,13-14,17,20-21,24,34-35H,5-6,11-12H2,1-4H3,(H,30,33)(H2,26,27,28). The summed E-state index contributed by atoms with van der Waals surface area (Å²) in [5.41, 5.74) is 8.73. The van der Waals surface area contributed by atoms with Gasteiger partial charge in [0.2, 0.25) is 5.91 Å². The minimum atomic E-state index is -1.16. The smallest absolute Gasteiger partial charge is 0.224 e. The number of hydrogen-bond donors (Lipinski definition) is 4. The molecule has 0 saturated carbocycles. The summed E-state index contributed by atoms with van der Waals surface area (Å²) in [5, 5.41) is 24.2. The van der Waals surface area contributed by atoms with Crippen LogP contribution in [0.25, 0.3) is 11.2 Å². The second kappa shape index (κ2) is 10.5. The number of nitrogens with zero attached hydrogens (tertiary/aromatic N) is 5. The lowest BCUT2D eigenvalue weighted by Crippen LogP contribution is -2.39. The largest absolute Gasteiger partial charge is 0.387 e. The lowest BCUT2D eigenvalue weighted by atomic mass is 9.87. The molecule has 0 radical (unpaired) electrons. The molecule has 11 nitrogen and oxygen atoms in total. The number of ether oxygens (including phenoxy) is 1. The highest BCUT2D eigenvalue weighted by Gasteiger charge is 2.44. The highest BCUT2D eigenvalue weighted by atomic mass is 16.6. The number of carbonyl (C=O) groups is 1. The number of rotatable bonds is 8. The highest BCUT2D eigenvalue weighted by Crippen LogP contribution is 2.32. The fourth-order valence-corrected chi connectivity index (χ4v) is 4.35. The maximum Gasteiger partial charge on any atom is 0.224 e. The average Bonchev–Trinajstić information content (AvgIpc) is 3.36. The number of aromatic nitrogens is 4. The van der Waals surface area contributed by atoms with Crippen molar-refractivity contribution in [3.63, 3.8) is 0 Å². The van der Waals surface area contributed by atoms with E-state index in [9.17, 15) is 15.0 Å². The van der Waals surface area contributed by atoms with E-state index in [-0.39, 0.29) is 17.1 Å². The molecule has 1 aromatic carbocycles. The Morgan fingerprint density at radius 1 is 1.17 bits per heavy atom. The van der Waals surface area contributed by atoms with Crippen LogP contribution in [0.1, 0.15) is 45.4 Å². The van der Waals surface area contributed by atoms with Gasteiger partial charge in [-0.15, -0.1) is 0 Å². The fraction of sp³-hybridized carbons (Fsp3) is 0.520. The van der Waals surface area contributed by atoms with Crippen LogP contribution in [0.15, 0.2) is 36.9 Å². The topological polar surface area (TPSA) is 152 Å². The molecule has 0 spiro atoms. The molecule has 36 heavy (non-hydrogen) atoms. The molecule has 2 aromatic heterocycles. The number of fused-ring (bicyclic) bond motifs is 1. The summed E-state index contributed by atoms with van der Waals surface area (Å²) in [6.45, 7) is 7.46. The first kappa shape index (κ1) is 26.0. The van der Waals surface area contributed by atoms with Crippen LogP contribution >= 0.6 is 0 Å². The SMILES string of the molecule is CN(CCCC(=O)Nc1ccc(C(C)(C)C)cc1)CC1OC(n2cnc3c(N)ncnc32)C(O)C1O. The first-order chi connectivity index (χ1) is 17.0. The van der Waals surface area contributed by atoms with Crippen molar-refractivity contribution in [2.75, 3.05) is 31.2 Å². The molecule has 1 aliphatic rings. The molecule has 3 aromatic rings. The minimum Gasteiger partial charge on any atom is -0.387 e. The first-order valence-corrected chi connectivity index (χ1v) is 12.1. The quantitative estimate of drug-likeness (QED) is 0.364. The van der Waals surface area contributed by atoms with Gasteiger partial charge in [0, 0.05) is 18.7 Å². The van der Waals surface area contributed by atoms with Gasteiger partial charge >= 0.3 is 0 Å². The Labute approximate surface area is 210 Å². The highest BCUT2D eigenvalue weighted by molar-refractivity contribution is 5.90. The molecule has 4 atom stereocenters. The summed E-state index contributed by atoms with van der Waals surface area (Å²) < 4.78 is 7.54. The molecule has 4 rings (SSSR count). The predicted octanol–water partition coefficient (Wildman–Crippen LogP) is 1.68. The zero-order valence-corrected chi connectivity index (χ0v) is 21.1. The summed E-state index contributed by atoms with van der Waals surface area (Å²) in [6.07, 6.45) is 0.0656. The number of amides is 1. The van der Waals surface area contributed by atoms with Crippen LogP contribution in [0.3, 0.4) is 0 Å². The number of anilines is 2. The third-order valence-corrected chi connectivity index (χ3v) is 6.47. The average molecular weight is 498 g/mol. The monoisotopic (exact) mass is 497 g/mol. The number of aliphatic hydroxyl groups excluding tert-OH is 2. The summed E-state index contributed by atoms with van der Waals surface area (Å²) in [5.74, 6) is 0.182. The van der Waals surface area contributed by atoms with E-state index < -0.39 is 24.5 Å². The molecule has 0 bridgehead atoms. The number of likely N-dealkylation sites (N-methyl/N-ethyl adjacent to an activating group) is 1. The van der Waals surface area contributed by atoms with E-state index in [1.54, 1.807) is 4.57 Å². The lowest BCUT2D eigenvalue weighted by Gasteiger charge is -2.22. The normalized spacial score (nSPS) is 22.4. The number of carbonyl (C=O) groups excluding carboxylic acids is 1. The number of imidazole rings is 1. The van der Waals surface area contributed by atoms with Crippen LogP contribution < -0.4 is 11.1 Å². The number of hydrogen-bond acceptors (Lipinski definition) is 9. The molecule has 11 heteroatoms. The lowest BCUT2D eigenvalue weighted by molar-refractivity contribution is -0.116. The van der Waals surface area contributed by atoms with Gasteiger partial charge in [-0.05, 0) is 43.1 Å². The number of aliphatic hydroxyl groups is 2. The Bertz CT molecular complexity index is 1190. The van der Waals surface area contributed by atoms with Crippen molar-refractivity contribution in [1.82, 2.24) is 24.4 Å². The molecule has 4 unspecified atom stereocenters. The Morgan fingerprint density at radius 2 is 1.89 bits per heavy atom. The van der Waals surface area contributed by atoms with Gasteiger partial charge in [-0.2, -0.15) is 0 Å². The first-order valence-electron chi connectivity index (χ1n) is 12.1. The van der Waals surface area contributed by atoms with Crippen LogP contribution in [-0.2, 0) is 14.9 Å². The molecular weight excluding hydrogens is 462 g/mol. The van der Waals surface area contributed by atoms with Gasteiger partial charge in [-0.3, -0.25) is 9.36 Å². The second-order valence-corrected chi connectivity index (χ2v) is 10.4.